The Kier molecular flexibility index (Phi) is 8.33. The van der Waals surface area contributed by atoms with Crippen molar-refractivity contribution >= 4 is 11.8 Å². The maximum absolute atomic E-state index is 4.64. The highest BCUT2D eigenvalue weighted by Crippen LogP contribution is 2.08. The summed E-state index contributed by atoms with van der Waals surface area (Å²) in [5.41, 5.74) is 0.978. The fourth-order valence-electron chi connectivity index (χ4n) is 2.12. The predicted molar refractivity (Wildman–Crippen MR) is 95.5 cm³/mol. The zero-order valence-electron chi connectivity index (χ0n) is 14.7. The van der Waals surface area contributed by atoms with E-state index in [1.807, 2.05) is 37.2 Å². The van der Waals surface area contributed by atoms with Crippen LogP contribution < -0.4 is 15.5 Å². The average molecular weight is 305 g/mol. The first-order valence-corrected chi connectivity index (χ1v) is 8.26. The van der Waals surface area contributed by atoms with E-state index in [-0.39, 0.29) is 0 Å². The van der Waals surface area contributed by atoms with Crippen LogP contribution in [0.1, 0.15) is 39.3 Å². The number of rotatable bonds is 8. The molecular weight excluding hydrogens is 274 g/mol. The van der Waals surface area contributed by atoms with Crippen molar-refractivity contribution in [1.29, 1.82) is 0 Å². The molecule has 0 radical (unpaired) electrons. The normalized spacial score (nSPS) is 11.6. The van der Waals surface area contributed by atoms with E-state index in [4.69, 9.17) is 0 Å². The quantitative estimate of drug-likeness (QED) is 0.573. The summed E-state index contributed by atoms with van der Waals surface area (Å²) < 4.78 is 0. The lowest BCUT2D eigenvalue weighted by molar-refractivity contribution is 0.481. The summed E-state index contributed by atoms with van der Waals surface area (Å²) in [4.78, 5) is 11.2. The van der Waals surface area contributed by atoms with Crippen LogP contribution in [-0.4, -0.2) is 38.1 Å². The number of hydrogen-bond acceptors (Lipinski definition) is 3. The van der Waals surface area contributed by atoms with Gasteiger partial charge in [-0.15, -0.1) is 0 Å². The molecule has 0 bridgehead atoms. The Labute approximate surface area is 135 Å². The second kappa shape index (κ2) is 10.0. The van der Waals surface area contributed by atoms with Crippen molar-refractivity contribution in [3.63, 3.8) is 0 Å². The lowest BCUT2D eigenvalue weighted by atomic mass is 10.0. The van der Waals surface area contributed by atoms with Crippen LogP contribution in [0.15, 0.2) is 23.2 Å². The van der Waals surface area contributed by atoms with Gasteiger partial charge >= 0.3 is 0 Å². The monoisotopic (exact) mass is 305 g/mol. The van der Waals surface area contributed by atoms with E-state index in [1.165, 1.54) is 12.8 Å². The lowest BCUT2D eigenvalue weighted by Gasteiger charge is -2.16. The highest BCUT2D eigenvalue weighted by atomic mass is 15.2. The van der Waals surface area contributed by atoms with Crippen molar-refractivity contribution < 1.29 is 0 Å². The van der Waals surface area contributed by atoms with Gasteiger partial charge in [-0.2, -0.15) is 0 Å². The fourth-order valence-corrected chi connectivity index (χ4v) is 2.12. The molecule has 1 aromatic rings. The van der Waals surface area contributed by atoms with E-state index in [1.54, 1.807) is 0 Å². The minimum absolute atomic E-state index is 0.583. The highest BCUT2D eigenvalue weighted by molar-refractivity contribution is 5.79. The van der Waals surface area contributed by atoms with Gasteiger partial charge in [0.1, 0.15) is 5.82 Å². The van der Waals surface area contributed by atoms with Crippen molar-refractivity contribution in [3.8, 4) is 0 Å². The van der Waals surface area contributed by atoms with Gasteiger partial charge in [-0.05, 0) is 25.0 Å². The SMILES string of the molecule is CCNC(=NCc1cccc(N(C)C)n1)NCC(CC)CC. The highest BCUT2D eigenvalue weighted by Gasteiger charge is 2.05. The topological polar surface area (TPSA) is 52.6 Å². The largest absolute Gasteiger partial charge is 0.363 e. The molecule has 1 rings (SSSR count). The van der Waals surface area contributed by atoms with Gasteiger partial charge in [0.15, 0.2) is 5.96 Å². The molecule has 0 fully saturated rings. The Morgan fingerprint density at radius 2 is 1.91 bits per heavy atom. The summed E-state index contributed by atoms with van der Waals surface area (Å²) >= 11 is 0. The molecule has 0 unspecified atom stereocenters. The van der Waals surface area contributed by atoms with E-state index >= 15 is 0 Å². The van der Waals surface area contributed by atoms with Crippen LogP contribution in [0, 0.1) is 5.92 Å². The Balaban J connectivity index is 2.66. The molecule has 1 heterocycles. The molecule has 0 spiro atoms. The van der Waals surface area contributed by atoms with E-state index in [9.17, 15) is 0 Å². The van der Waals surface area contributed by atoms with E-state index in [0.717, 1.165) is 30.6 Å². The second-order valence-corrected chi connectivity index (χ2v) is 5.64. The molecule has 0 atom stereocenters. The summed E-state index contributed by atoms with van der Waals surface area (Å²) in [6.45, 7) is 8.95. The first-order valence-electron chi connectivity index (χ1n) is 8.26. The van der Waals surface area contributed by atoms with Gasteiger partial charge < -0.3 is 15.5 Å². The molecule has 2 N–H and O–H groups in total. The molecule has 0 amide bonds. The molecule has 0 saturated carbocycles. The Morgan fingerprint density at radius 1 is 1.18 bits per heavy atom. The number of nitrogens with one attached hydrogen (secondary N) is 2. The lowest BCUT2D eigenvalue weighted by Crippen LogP contribution is -2.39. The van der Waals surface area contributed by atoms with Crippen molar-refractivity contribution in [3.05, 3.63) is 23.9 Å². The summed E-state index contributed by atoms with van der Waals surface area (Å²) in [6, 6.07) is 6.04. The van der Waals surface area contributed by atoms with E-state index < -0.39 is 0 Å². The minimum Gasteiger partial charge on any atom is -0.363 e. The van der Waals surface area contributed by atoms with Gasteiger partial charge in [0, 0.05) is 27.2 Å². The van der Waals surface area contributed by atoms with Crippen LogP contribution in [0.5, 0.6) is 0 Å². The number of aromatic nitrogens is 1. The van der Waals surface area contributed by atoms with E-state index in [2.05, 4.69) is 41.4 Å². The molecule has 124 valence electrons. The molecule has 0 aromatic carbocycles. The average Bonchev–Trinajstić information content (AvgIpc) is 2.53. The summed E-state index contributed by atoms with van der Waals surface area (Å²) in [5.74, 6) is 2.52. The molecular formula is C17H31N5. The third-order valence-electron chi connectivity index (χ3n) is 3.71. The molecule has 5 nitrogen and oxygen atoms in total. The van der Waals surface area contributed by atoms with Crippen molar-refractivity contribution in [2.24, 2.45) is 10.9 Å². The molecule has 0 aliphatic rings. The first kappa shape index (κ1) is 18.3. The summed E-state index contributed by atoms with van der Waals surface area (Å²) in [5, 5.41) is 6.73. The van der Waals surface area contributed by atoms with Crippen LogP contribution in [-0.2, 0) is 6.54 Å². The minimum atomic E-state index is 0.583. The molecule has 5 heteroatoms. The summed E-state index contributed by atoms with van der Waals surface area (Å²) in [6.07, 6.45) is 2.38. The zero-order valence-corrected chi connectivity index (χ0v) is 14.7. The molecule has 0 aliphatic carbocycles. The van der Waals surface area contributed by atoms with Crippen molar-refractivity contribution in [1.82, 2.24) is 15.6 Å². The van der Waals surface area contributed by atoms with Crippen molar-refractivity contribution in [2.45, 2.75) is 40.2 Å². The second-order valence-electron chi connectivity index (χ2n) is 5.64. The number of aliphatic imine (C=N–C) groups is 1. The summed E-state index contributed by atoms with van der Waals surface area (Å²) in [7, 11) is 3.99. The van der Waals surface area contributed by atoms with E-state index in [0.29, 0.717) is 12.5 Å². The number of guanidine groups is 1. The van der Waals surface area contributed by atoms with Gasteiger partial charge in [-0.25, -0.2) is 9.98 Å². The Hall–Kier alpha value is -1.78. The predicted octanol–water partition coefficient (Wildman–Crippen LogP) is 2.64. The molecule has 1 aromatic heterocycles. The van der Waals surface area contributed by atoms with Gasteiger partial charge in [0.2, 0.25) is 0 Å². The standard InChI is InChI=1S/C17H31N5/c1-6-14(7-2)12-19-17(18-8-3)20-13-15-10-9-11-16(21-15)22(4)5/h9-11,14H,6-8,12-13H2,1-5H3,(H2,18,19,20). The van der Waals surface area contributed by atoms with Crippen LogP contribution in [0.4, 0.5) is 5.82 Å². The molecule has 0 aliphatic heterocycles. The molecule has 0 saturated heterocycles. The number of hydrogen-bond donors (Lipinski definition) is 2. The smallest absolute Gasteiger partial charge is 0.191 e. The van der Waals surface area contributed by atoms with Gasteiger partial charge in [0.25, 0.3) is 0 Å². The first-order chi connectivity index (χ1) is 10.6. The third kappa shape index (κ3) is 6.33. The number of pyridine rings is 1. The van der Waals surface area contributed by atoms with Crippen LogP contribution >= 0.6 is 0 Å². The number of anilines is 1. The fraction of sp³-hybridized carbons (Fsp3) is 0.647. The third-order valence-corrected chi connectivity index (χ3v) is 3.71. The van der Waals surface area contributed by atoms with Crippen molar-refractivity contribution in [2.75, 3.05) is 32.1 Å². The van der Waals surface area contributed by atoms with Crippen LogP contribution in [0.25, 0.3) is 0 Å². The zero-order chi connectivity index (χ0) is 16.4. The Bertz CT molecular complexity index is 452. The maximum atomic E-state index is 4.64. The van der Waals surface area contributed by atoms with Crippen LogP contribution in [0.2, 0.25) is 0 Å². The van der Waals surface area contributed by atoms with Gasteiger partial charge in [0.05, 0.1) is 12.2 Å². The van der Waals surface area contributed by atoms with Gasteiger partial charge in [-0.3, -0.25) is 0 Å². The van der Waals surface area contributed by atoms with Gasteiger partial charge in [-0.1, -0.05) is 32.8 Å². The maximum Gasteiger partial charge on any atom is 0.191 e. The van der Waals surface area contributed by atoms with Crippen LogP contribution in [0.3, 0.4) is 0 Å². The Morgan fingerprint density at radius 3 is 2.50 bits per heavy atom. The number of nitrogens with zero attached hydrogens (tertiary/aromatic N) is 3. The molecule has 22 heavy (non-hydrogen) atoms.